The van der Waals surface area contributed by atoms with E-state index in [2.05, 4.69) is 9.97 Å². The molecule has 3 N–H and O–H groups in total. The number of para-hydroxylation sites is 2. The Labute approximate surface area is 197 Å². The van der Waals surface area contributed by atoms with E-state index in [0.29, 0.717) is 11.9 Å². The van der Waals surface area contributed by atoms with Crippen molar-refractivity contribution < 1.29 is 18.3 Å². The molecule has 0 aliphatic rings. The summed E-state index contributed by atoms with van der Waals surface area (Å²) >= 11 is 0.817. The molecule has 0 atom stereocenters. The van der Waals surface area contributed by atoms with Crippen LogP contribution < -0.4 is 21.9 Å². The second kappa shape index (κ2) is 11.3. The summed E-state index contributed by atoms with van der Waals surface area (Å²) in [6.45, 7) is -0.592. The van der Waals surface area contributed by atoms with Crippen molar-refractivity contribution in [2.45, 2.75) is 38.0 Å². The van der Waals surface area contributed by atoms with Gasteiger partial charge in [0.2, 0.25) is 5.91 Å². The van der Waals surface area contributed by atoms with Crippen LogP contribution in [0.3, 0.4) is 0 Å². The fourth-order valence-corrected chi connectivity index (χ4v) is 4.33. The van der Waals surface area contributed by atoms with E-state index in [-0.39, 0.29) is 47.6 Å². The number of H-pyrrole nitrogens is 1. The Bertz CT molecular complexity index is 1270. The molecule has 0 unspecified atom stereocenters. The standard InChI is InChI=1S/C21H26F2N6O4S/c1-3-4-9-28-17(24)16(18(31)26-20(28)32)27(10-11-33-2)15(30)12-34-21-25-13-7-5-6-8-14(13)29(21)19(22)23/h5-8,19H,3-4,9-12,24H2,1-2H3,(H,26,31,32). The van der Waals surface area contributed by atoms with Crippen LogP contribution in [0.15, 0.2) is 39.0 Å². The molecule has 0 radical (unpaired) electrons. The number of rotatable bonds is 11. The number of methoxy groups -OCH3 is 1. The number of fused-ring (bicyclic) bond motifs is 1. The summed E-state index contributed by atoms with van der Waals surface area (Å²) < 4.78 is 34.4. The number of imidazole rings is 1. The van der Waals surface area contributed by atoms with Crippen LogP contribution in [0.25, 0.3) is 11.0 Å². The van der Waals surface area contributed by atoms with Crippen molar-refractivity contribution in [3.63, 3.8) is 0 Å². The van der Waals surface area contributed by atoms with E-state index in [4.69, 9.17) is 10.5 Å². The molecule has 0 saturated carbocycles. The number of anilines is 2. The number of aromatic nitrogens is 4. The van der Waals surface area contributed by atoms with Crippen LogP contribution in [-0.4, -0.2) is 51.0 Å². The number of carbonyl (C=O) groups excluding carboxylic acids is 1. The largest absolute Gasteiger partial charge is 0.383 e. The SMILES string of the molecule is CCCCn1c(N)c(N(CCOC)C(=O)CSc2nc3ccccc3n2C(F)F)c(=O)[nH]c1=O. The molecule has 1 aromatic carbocycles. The number of halogens is 2. The number of nitrogens with zero attached hydrogens (tertiary/aromatic N) is 4. The van der Waals surface area contributed by atoms with E-state index in [1.165, 1.54) is 17.7 Å². The molecule has 1 amide bonds. The molecule has 34 heavy (non-hydrogen) atoms. The molecule has 0 saturated heterocycles. The van der Waals surface area contributed by atoms with Crippen molar-refractivity contribution >= 4 is 40.2 Å². The van der Waals surface area contributed by atoms with Gasteiger partial charge in [-0.3, -0.25) is 23.7 Å². The van der Waals surface area contributed by atoms with Crippen LogP contribution in [0.1, 0.15) is 26.3 Å². The average molecular weight is 497 g/mol. The molecular weight excluding hydrogens is 470 g/mol. The maximum Gasteiger partial charge on any atom is 0.330 e. The number of benzene rings is 1. The maximum atomic E-state index is 13.7. The van der Waals surface area contributed by atoms with Gasteiger partial charge in [-0.15, -0.1) is 0 Å². The van der Waals surface area contributed by atoms with Crippen LogP contribution in [0.5, 0.6) is 0 Å². The fourth-order valence-electron chi connectivity index (χ4n) is 3.44. The molecule has 13 heteroatoms. The monoisotopic (exact) mass is 496 g/mol. The van der Waals surface area contributed by atoms with Gasteiger partial charge in [0.05, 0.1) is 23.4 Å². The third-order valence-corrected chi connectivity index (χ3v) is 6.06. The Hall–Kier alpha value is -3.19. The van der Waals surface area contributed by atoms with E-state index in [0.717, 1.165) is 27.6 Å². The quantitative estimate of drug-likeness (QED) is 0.390. The molecule has 2 aromatic heterocycles. The van der Waals surface area contributed by atoms with Crippen LogP contribution in [0, 0.1) is 0 Å². The second-order valence-electron chi connectivity index (χ2n) is 7.36. The minimum Gasteiger partial charge on any atom is -0.383 e. The average Bonchev–Trinajstić information content (AvgIpc) is 3.18. The number of hydrogen-bond donors (Lipinski definition) is 2. The molecule has 0 bridgehead atoms. The highest BCUT2D eigenvalue weighted by atomic mass is 32.2. The smallest absolute Gasteiger partial charge is 0.330 e. The number of alkyl halides is 2. The van der Waals surface area contributed by atoms with Crippen molar-refractivity contribution in [2.75, 3.05) is 36.6 Å². The lowest BCUT2D eigenvalue weighted by molar-refractivity contribution is -0.116. The number of nitrogens with one attached hydrogen (secondary N) is 1. The minimum atomic E-state index is -2.85. The molecule has 3 rings (SSSR count). The molecule has 10 nitrogen and oxygen atoms in total. The number of nitrogen functional groups attached to an aromatic ring is 1. The van der Waals surface area contributed by atoms with Crippen molar-refractivity contribution in [3.05, 3.63) is 45.1 Å². The number of carbonyl (C=O) groups is 1. The predicted molar refractivity (Wildman–Crippen MR) is 127 cm³/mol. The van der Waals surface area contributed by atoms with Crippen LogP contribution >= 0.6 is 11.8 Å². The topological polar surface area (TPSA) is 128 Å². The second-order valence-corrected chi connectivity index (χ2v) is 8.30. The van der Waals surface area contributed by atoms with Crippen molar-refractivity contribution in [1.82, 2.24) is 19.1 Å². The van der Waals surface area contributed by atoms with Gasteiger partial charge in [-0.05, 0) is 18.6 Å². The Morgan fingerprint density at radius 3 is 2.74 bits per heavy atom. The Morgan fingerprint density at radius 2 is 2.06 bits per heavy atom. The predicted octanol–water partition coefficient (Wildman–Crippen LogP) is 2.44. The van der Waals surface area contributed by atoms with Crippen molar-refractivity contribution in [2.24, 2.45) is 0 Å². The number of aromatic amines is 1. The zero-order valence-corrected chi connectivity index (χ0v) is 19.6. The maximum absolute atomic E-state index is 13.7. The first-order valence-corrected chi connectivity index (χ1v) is 11.6. The minimum absolute atomic E-state index is 0.0274. The van der Waals surface area contributed by atoms with E-state index in [1.54, 1.807) is 18.2 Å². The number of nitrogens with two attached hydrogens (primary N) is 1. The van der Waals surface area contributed by atoms with Gasteiger partial charge in [-0.1, -0.05) is 37.2 Å². The number of unbranched alkanes of at least 4 members (excludes halogenated alkanes) is 1. The molecule has 0 aliphatic carbocycles. The van der Waals surface area contributed by atoms with Gasteiger partial charge in [-0.25, -0.2) is 9.78 Å². The molecule has 184 valence electrons. The lowest BCUT2D eigenvalue weighted by Crippen LogP contribution is -2.43. The molecule has 2 heterocycles. The molecular formula is C21H26F2N6O4S. The summed E-state index contributed by atoms with van der Waals surface area (Å²) in [7, 11) is 1.43. The number of thioether (sulfide) groups is 1. The summed E-state index contributed by atoms with van der Waals surface area (Å²) in [6, 6.07) is 6.42. The third-order valence-electron chi connectivity index (χ3n) is 5.12. The first-order valence-electron chi connectivity index (χ1n) is 10.6. The van der Waals surface area contributed by atoms with Crippen molar-refractivity contribution in [3.8, 4) is 0 Å². The summed E-state index contributed by atoms with van der Waals surface area (Å²) in [5.74, 6) is -1.02. The summed E-state index contributed by atoms with van der Waals surface area (Å²) in [5.41, 5.74) is 5.10. The van der Waals surface area contributed by atoms with E-state index < -0.39 is 23.7 Å². The van der Waals surface area contributed by atoms with Gasteiger partial charge in [-0.2, -0.15) is 8.78 Å². The number of ether oxygens (including phenoxy) is 1. The highest BCUT2D eigenvalue weighted by Gasteiger charge is 2.26. The highest BCUT2D eigenvalue weighted by Crippen LogP contribution is 2.29. The molecule has 3 aromatic rings. The first kappa shape index (κ1) is 25.4. The first-order chi connectivity index (χ1) is 16.3. The summed E-state index contributed by atoms with van der Waals surface area (Å²) in [6.07, 6.45) is 1.43. The van der Waals surface area contributed by atoms with Crippen LogP contribution in [0.2, 0.25) is 0 Å². The van der Waals surface area contributed by atoms with E-state index in [9.17, 15) is 23.2 Å². The highest BCUT2D eigenvalue weighted by molar-refractivity contribution is 7.99. The molecule has 0 spiro atoms. The lowest BCUT2D eigenvalue weighted by atomic mass is 10.3. The van der Waals surface area contributed by atoms with Crippen LogP contribution in [-0.2, 0) is 16.1 Å². The molecule has 0 aliphatic heterocycles. The van der Waals surface area contributed by atoms with E-state index in [1.807, 2.05) is 6.92 Å². The van der Waals surface area contributed by atoms with E-state index >= 15 is 0 Å². The Morgan fingerprint density at radius 1 is 1.32 bits per heavy atom. The van der Waals surface area contributed by atoms with Gasteiger partial charge in [0.1, 0.15) is 5.82 Å². The summed E-state index contributed by atoms with van der Waals surface area (Å²) in [5, 5.41) is -0.0361. The zero-order valence-electron chi connectivity index (χ0n) is 18.8. The third kappa shape index (κ3) is 5.30. The number of hydrogen-bond acceptors (Lipinski definition) is 7. The van der Waals surface area contributed by atoms with Gasteiger partial charge < -0.3 is 15.4 Å². The van der Waals surface area contributed by atoms with Gasteiger partial charge in [0.25, 0.3) is 5.56 Å². The fraction of sp³-hybridized carbons (Fsp3) is 0.429. The normalized spacial score (nSPS) is 11.4. The Kier molecular flexibility index (Phi) is 8.45. The Balaban J connectivity index is 1.94. The van der Waals surface area contributed by atoms with Crippen molar-refractivity contribution in [1.29, 1.82) is 0 Å². The van der Waals surface area contributed by atoms with Gasteiger partial charge in [0, 0.05) is 20.2 Å². The van der Waals surface area contributed by atoms with Crippen LogP contribution in [0.4, 0.5) is 20.3 Å². The van der Waals surface area contributed by atoms with Gasteiger partial charge in [0.15, 0.2) is 10.8 Å². The number of amides is 1. The lowest BCUT2D eigenvalue weighted by Gasteiger charge is -2.24. The van der Waals surface area contributed by atoms with Gasteiger partial charge >= 0.3 is 12.2 Å². The molecule has 0 fully saturated rings. The zero-order chi connectivity index (χ0) is 24.8. The summed E-state index contributed by atoms with van der Waals surface area (Å²) in [4.78, 5) is 45.5.